The van der Waals surface area contributed by atoms with Gasteiger partial charge in [0.1, 0.15) is 0 Å². The summed E-state index contributed by atoms with van der Waals surface area (Å²) in [5.74, 6) is -0.333. The molecular weight excluding hydrogens is 122 g/mol. The molecule has 0 aromatic heterocycles. The summed E-state index contributed by atoms with van der Waals surface area (Å²) >= 11 is 0. The SMILES string of the molecule is CC(N)=O.CCO.CO. The predicted molar refractivity (Wildman–Crippen MR) is 35.8 cm³/mol. The van der Waals surface area contributed by atoms with Crippen LogP contribution in [-0.2, 0) is 4.79 Å². The summed E-state index contributed by atoms with van der Waals surface area (Å²) < 4.78 is 0. The monoisotopic (exact) mass is 137 g/mol. The van der Waals surface area contributed by atoms with Gasteiger partial charge in [0.15, 0.2) is 0 Å². The first kappa shape index (κ1) is 15.8. The maximum atomic E-state index is 9.22. The van der Waals surface area contributed by atoms with Crippen LogP contribution in [0.2, 0.25) is 0 Å². The van der Waals surface area contributed by atoms with Crippen LogP contribution in [0.25, 0.3) is 0 Å². The second kappa shape index (κ2) is 26.3. The van der Waals surface area contributed by atoms with Crippen LogP contribution in [0.3, 0.4) is 0 Å². The van der Waals surface area contributed by atoms with Crippen LogP contribution < -0.4 is 5.73 Å². The van der Waals surface area contributed by atoms with Crippen molar-refractivity contribution in [3.63, 3.8) is 0 Å². The molecule has 0 aliphatic rings. The summed E-state index contributed by atoms with van der Waals surface area (Å²) in [5.41, 5.74) is 4.47. The van der Waals surface area contributed by atoms with E-state index in [9.17, 15) is 4.79 Å². The van der Waals surface area contributed by atoms with Crippen molar-refractivity contribution in [3.05, 3.63) is 0 Å². The van der Waals surface area contributed by atoms with Crippen molar-refractivity contribution in [1.29, 1.82) is 0 Å². The molecule has 4 heteroatoms. The van der Waals surface area contributed by atoms with E-state index in [1.807, 2.05) is 0 Å². The molecule has 58 valence electrons. The zero-order chi connectivity index (χ0) is 8.28. The number of hydrogen-bond acceptors (Lipinski definition) is 3. The standard InChI is InChI=1S/C2H5NO.C2H6O.CH4O/c1-2(3)4;1-2-3;1-2/h1H3,(H2,3,4);3H,2H2,1H3;2H,1H3. The fourth-order valence-electron chi connectivity index (χ4n) is 0. The average molecular weight is 137 g/mol. The molecule has 0 bridgehead atoms. The van der Waals surface area contributed by atoms with Gasteiger partial charge in [0.25, 0.3) is 0 Å². The molecule has 0 heterocycles. The highest BCUT2D eigenvalue weighted by Crippen LogP contribution is 1.33. The normalized spacial score (nSPS) is 5.44. The van der Waals surface area contributed by atoms with Crippen LogP contribution in [0.1, 0.15) is 13.8 Å². The lowest BCUT2D eigenvalue weighted by Crippen LogP contribution is -2.01. The Labute approximate surface area is 55.3 Å². The van der Waals surface area contributed by atoms with Crippen LogP contribution in [0.4, 0.5) is 0 Å². The lowest BCUT2D eigenvalue weighted by atomic mass is 10.8. The van der Waals surface area contributed by atoms with Gasteiger partial charge in [0.2, 0.25) is 5.91 Å². The maximum absolute atomic E-state index is 9.22. The molecule has 0 radical (unpaired) electrons. The second-order valence-corrected chi connectivity index (χ2v) is 0.927. The van der Waals surface area contributed by atoms with Gasteiger partial charge < -0.3 is 15.9 Å². The Bertz CT molecular complexity index is 43.5. The van der Waals surface area contributed by atoms with E-state index in [1.165, 1.54) is 6.92 Å². The molecule has 0 aromatic rings. The number of carbonyl (C=O) groups is 1. The van der Waals surface area contributed by atoms with Crippen LogP contribution in [-0.4, -0.2) is 29.8 Å². The molecule has 0 rings (SSSR count). The fourth-order valence-corrected chi connectivity index (χ4v) is 0. The minimum absolute atomic E-state index is 0.250. The highest BCUT2D eigenvalue weighted by atomic mass is 16.2. The molecule has 0 spiro atoms. The first-order valence-corrected chi connectivity index (χ1v) is 2.46. The van der Waals surface area contributed by atoms with Crippen LogP contribution >= 0.6 is 0 Å². The van der Waals surface area contributed by atoms with Crippen molar-refractivity contribution < 1.29 is 15.0 Å². The quantitative estimate of drug-likeness (QED) is 0.404. The van der Waals surface area contributed by atoms with Gasteiger partial charge in [0, 0.05) is 20.6 Å². The minimum Gasteiger partial charge on any atom is -0.400 e. The van der Waals surface area contributed by atoms with Gasteiger partial charge in [-0.1, -0.05) is 0 Å². The Morgan fingerprint density at radius 3 is 1.56 bits per heavy atom. The Morgan fingerprint density at radius 2 is 1.56 bits per heavy atom. The predicted octanol–water partition coefficient (Wildman–Crippen LogP) is -0.901. The smallest absolute Gasteiger partial charge is 0.214 e. The highest BCUT2D eigenvalue weighted by molar-refractivity contribution is 5.70. The molecule has 1 amide bonds. The molecule has 0 unspecified atom stereocenters. The van der Waals surface area contributed by atoms with Gasteiger partial charge in [0.05, 0.1) is 0 Å². The van der Waals surface area contributed by atoms with E-state index in [0.717, 1.165) is 7.11 Å². The van der Waals surface area contributed by atoms with Crippen LogP contribution in [0, 0.1) is 0 Å². The summed E-state index contributed by atoms with van der Waals surface area (Å²) in [6.07, 6.45) is 0. The first-order chi connectivity index (χ1) is 4.15. The average Bonchev–Trinajstić information content (AvgIpc) is 1.71. The number of aliphatic hydroxyl groups excluding tert-OH is 2. The highest BCUT2D eigenvalue weighted by Gasteiger charge is 1.61. The Balaban J connectivity index is -0.0000000646. The third kappa shape index (κ3) is 577. The molecule has 4 nitrogen and oxygen atoms in total. The molecule has 0 fully saturated rings. The first-order valence-electron chi connectivity index (χ1n) is 2.46. The number of rotatable bonds is 0. The lowest BCUT2D eigenvalue weighted by Gasteiger charge is -1.60. The third-order valence-corrected chi connectivity index (χ3v) is 0. The molecule has 0 aromatic carbocycles. The topological polar surface area (TPSA) is 83.6 Å². The number of carbonyl (C=O) groups excluding carboxylic acids is 1. The molecule has 9 heavy (non-hydrogen) atoms. The largest absolute Gasteiger partial charge is 0.400 e. The zero-order valence-electron chi connectivity index (χ0n) is 6.09. The van der Waals surface area contributed by atoms with E-state index in [0.29, 0.717) is 0 Å². The van der Waals surface area contributed by atoms with E-state index in [-0.39, 0.29) is 12.5 Å². The molecular formula is C5H15NO3. The Morgan fingerprint density at radius 1 is 1.56 bits per heavy atom. The third-order valence-electron chi connectivity index (χ3n) is 0. The Hall–Kier alpha value is -0.610. The van der Waals surface area contributed by atoms with Gasteiger partial charge in [-0.05, 0) is 6.92 Å². The molecule has 0 aliphatic heterocycles. The van der Waals surface area contributed by atoms with Crippen molar-refractivity contribution >= 4 is 5.91 Å². The molecule has 0 saturated heterocycles. The van der Waals surface area contributed by atoms with E-state index in [1.54, 1.807) is 6.92 Å². The van der Waals surface area contributed by atoms with Crippen LogP contribution in [0.5, 0.6) is 0 Å². The minimum atomic E-state index is -0.333. The summed E-state index contributed by atoms with van der Waals surface area (Å²) in [5, 5.41) is 14.6. The number of amides is 1. The number of nitrogens with two attached hydrogens (primary N) is 1. The van der Waals surface area contributed by atoms with Crippen molar-refractivity contribution in [3.8, 4) is 0 Å². The van der Waals surface area contributed by atoms with Gasteiger partial charge in [-0.15, -0.1) is 0 Å². The van der Waals surface area contributed by atoms with Crippen molar-refractivity contribution in [2.24, 2.45) is 5.73 Å². The second-order valence-electron chi connectivity index (χ2n) is 0.927. The van der Waals surface area contributed by atoms with E-state index >= 15 is 0 Å². The fraction of sp³-hybridized carbons (Fsp3) is 0.800. The van der Waals surface area contributed by atoms with Gasteiger partial charge in [-0.25, -0.2) is 0 Å². The zero-order valence-corrected chi connectivity index (χ0v) is 6.09. The van der Waals surface area contributed by atoms with Gasteiger partial charge >= 0.3 is 0 Å². The van der Waals surface area contributed by atoms with Gasteiger partial charge in [-0.2, -0.15) is 0 Å². The summed E-state index contributed by atoms with van der Waals surface area (Å²) in [4.78, 5) is 9.22. The van der Waals surface area contributed by atoms with Gasteiger partial charge in [-0.3, -0.25) is 4.79 Å². The lowest BCUT2D eigenvalue weighted by molar-refractivity contribution is -0.115. The van der Waals surface area contributed by atoms with Crippen molar-refractivity contribution in [2.75, 3.05) is 13.7 Å². The Kier molecular flexibility index (Phi) is 46.0. The number of aliphatic hydroxyl groups is 2. The van der Waals surface area contributed by atoms with Crippen molar-refractivity contribution in [1.82, 2.24) is 0 Å². The maximum Gasteiger partial charge on any atom is 0.214 e. The van der Waals surface area contributed by atoms with E-state index in [4.69, 9.17) is 10.2 Å². The molecule has 0 atom stereocenters. The summed E-state index contributed by atoms with van der Waals surface area (Å²) in [7, 11) is 1.00. The van der Waals surface area contributed by atoms with E-state index in [2.05, 4.69) is 5.73 Å². The van der Waals surface area contributed by atoms with Crippen molar-refractivity contribution in [2.45, 2.75) is 13.8 Å². The molecule has 4 N–H and O–H groups in total. The summed E-state index contributed by atoms with van der Waals surface area (Å²) in [6, 6.07) is 0. The van der Waals surface area contributed by atoms with Crippen LogP contribution in [0.15, 0.2) is 0 Å². The molecule has 0 saturated carbocycles. The summed E-state index contributed by atoms with van der Waals surface area (Å²) in [6.45, 7) is 3.24. The number of hydrogen-bond donors (Lipinski definition) is 3. The number of primary amides is 1. The van der Waals surface area contributed by atoms with E-state index < -0.39 is 0 Å². The molecule has 0 aliphatic carbocycles.